The Morgan fingerprint density at radius 3 is 2.48 bits per heavy atom. The lowest BCUT2D eigenvalue weighted by Crippen LogP contribution is -2.24. The van der Waals surface area contributed by atoms with E-state index in [1.165, 1.54) is 6.21 Å². The molecule has 3 aromatic rings. The number of nitrogens with one attached hydrogen (secondary N) is 1. The third-order valence-corrected chi connectivity index (χ3v) is 5.13. The van der Waals surface area contributed by atoms with Gasteiger partial charge in [-0.15, -0.1) is 0 Å². The van der Waals surface area contributed by atoms with Gasteiger partial charge in [0, 0.05) is 10.0 Å². The fraction of sp³-hybridized carbons (Fsp3) is 0.0870. The largest absolute Gasteiger partial charge is 0.483 e. The lowest BCUT2D eigenvalue weighted by molar-refractivity contribution is -0.123. The zero-order valence-electron chi connectivity index (χ0n) is 16.5. The molecule has 0 saturated heterocycles. The number of hydrazone groups is 1. The Hall–Kier alpha value is -2.97. The number of rotatable bonds is 7. The molecule has 0 radical (unpaired) electrons. The van der Waals surface area contributed by atoms with Crippen molar-refractivity contribution in [3.8, 4) is 11.5 Å². The molecular formula is C23H18Br2N2O4. The maximum atomic E-state index is 12.4. The molecule has 0 aliphatic carbocycles. The van der Waals surface area contributed by atoms with E-state index in [2.05, 4.69) is 42.4 Å². The van der Waals surface area contributed by atoms with E-state index in [9.17, 15) is 9.59 Å². The normalized spacial score (nSPS) is 10.7. The molecule has 0 aliphatic rings. The number of hydrogen-bond acceptors (Lipinski definition) is 5. The summed E-state index contributed by atoms with van der Waals surface area (Å²) >= 11 is 6.80. The van der Waals surface area contributed by atoms with Crippen LogP contribution >= 0.6 is 31.9 Å². The zero-order valence-corrected chi connectivity index (χ0v) is 19.6. The van der Waals surface area contributed by atoms with E-state index < -0.39 is 11.9 Å². The second kappa shape index (κ2) is 10.9. The van der Waals surface area contributed by atoms with Gasteiger partial charge in [0.2, 0.25) is 0 Å². The summed E-state index contributed by atoms with van der Waals surface area (Å²) in [5.41, 5.74) is 4.25. The second-order valence-electron chi connectivity index (χ2n) is 6.41. The molecule has 0 unspecified atom stereocenters. The lowest BCUT2D eigenvalue weighted by Gasteiger charge is -2.11. The monoisotopic (exact) mass is 544 g/mol. The summed E-state index contributed by atoms with van der Waals surface area (Å²) in [4.78, 5) is 24.5. The van der Waals surface area contributed by atoms with Crippen molar-refractivity contribution in [2.24, 2.45) is 5.10 Å². The molecule has 0 aromatic heterocycles. The van der Waals surface area contributed by atoms with Gasteiger partial charge in [-0.25, -0.2) is 10.2 Å². The van der Waals surface area contributed by atoms with Crippen molar-refractivity contribution in [1.82, 2.24) is 5.43 Å². The standard InChI is InChI=1S/C23H18Br2N2O4/c1-15-7-5-6-10-20(15)30-14-21(28)27-26-13-17-11-18(24)12-19(25)22(17)31-23(29)16-8-3-2-4-9-16/h2-13H,14H2,1H3,(H,27,28). The van der Waals surface area contributed by atoms with E-state index in [0.29, 0.717) is 21.3 Å². The molecule has 3 rings (SSSR count). The third kappa shape index (κ3) is 6.50. The Bertz CT molecular complexity index is 1120. The van der Waals surface area contributed by atoms with Crippen molar-refractivity contribution >= 4 is 50.0 Å². The lowest BCUT2D eigenvalue weighted by atomic mass is 10.2. The van der Waals surface area contributed by atoms with Crippen LogP contribution in [0.4, 0.5) is 0 Å². The predicted molar refractivity (Wildman–Crippen MR) is 126 cm³/mol. The Morgan fingerprint density at radius 2 is 1.74 bits per heavy atom. The fourth-order valence-corrected chi connectivity index (χ4v) is 3.92. The van der Waals surface area contributed by atoms with Gasteiger partial charge in [0.1, 0.15) is 5.75 Å². The molecule has 0 heterocycles. The van der Waals surface area contributed by atoms with Crippen molar-refractivity contribution in [3.05, 3.63) is 92.4 Å². The van der Waals surface area contributed by atoms with Gasteiger partial charge in [0.25, 0.3) is 5.91 Å². The fourth-order valence-electron chi connectivity index (χ4n) is 2.58. The van der Waals surface area contributed by atoms with Crippen LogP contribution in [0, 0.1) is 6.92 Å². The van der Waals surface area contributed by atoms with Gasteiger partial charge in [0.15, 0.2) is 12.4 Å². The Kier molecular flexibility index (Phi) is 7.97. The van der Waals surface area contributed by atoms with Crippen LogP contribution in [0.3, 0.4) is 0 Å². The summed E-state index contributed by atoms with van der Waals surface area (Å²) in [6.45, 7) is 1.72. The number of ether oxygens (including phenoxy) is 2. The SMILES string of the molecule is Cc1ccccc1OCC(=O)NN=Cc1cc(Br)cc(Br)c1OC(=O)c1ccccc1. The molecule has 0 aliphatic heterocycles. The van der Waals surface area contributed by atoms with E-state index in [4.69, 9.17) is 9.47 Å². The average molecular weight is 546 g/mol. The van der Waals surface area contributed by atoms with Gasteiger partial charge in [-0.2, -0.15) is 5.10 Å². The predicted octanol–water partition coefficient (Wildman–Crippen LogP) is 5.27. The van der Waals surface area contributed by atoms with Crippen molar-refractivity contribution in [1.29, 1.82) is 0 Å². The molecule has 0 spiro atoms. The molecule has 0 atom stereocenters. The minimum absolute atomic E-state index is 0.180. The van der Waals surface area contributed by atoms with Crippen LogP contribution in [0.2, 0.25) is 0 Å². The van der Waals surface area contributed by atoms with Gasteiger partial charge in [0.05, 0.1) is 16.3 Å². The summed E-state index contributed by atoms with van der Waals surface area (Å²) in [5.74, 6) is -0.00999. The molecule has 0 bridgehead atoms. The molecule has 8 heteroatoms. The number of aryl methyl sites for hydroxylation is 1. The highest BCUT2D eigenvalue weighted by Gasteiger charge is 2.15. The first-order valence-electron chi connectivity index (χ1n) is 9.20. The number of esters is 1. The van der Waals surface area contributed by atoms with Crippen molar-refractivity contribution in [2.75, 3.05) is 6.61 Å². The number of carbonyl (C=O) groups is 2. The average Bonchev–Trinajstić information content (AvgIpc) is 2.76. The minimum atomic E-state index is -0.506. The van der Waals surface area contributed by atoms with Crippen LogP contribution in [0.5, 0.6) is 11.5 Å². The van der Waals surface area contributed by atoms with Crippen LogP contribution in [-0.4, -0.2) is 24.7 Å². The highest BCUT2D eigenvalue weighted by molar-refractivity contribution is 9.11. The summed E-state index contributed by atoms with van der Waals surface area (Å²) in [7, 11) is 0. The van der Waals surface area contributed by atoms with Crippen LogP contribution in [0.15, 0.2) is 80.8 Å². The molecule has 1 N–H and O–H groups in total. The minimum Gasteiger partial charge on any atom is -0.483 e. The van der Waals surface area contributed by atoms with E-state index >= 15 is 0 Å². The number of nitrogens with zero attached hydrogens (tertiary/aromatic N) is 1. The summed E-state index contributed by atoms with van der Waals surface area (Å²) in [6, 6.07) is 19.5. The van der Waals surface area contributed by atoms with E-state index in [1.807, 2.05) is 31.2 Å². The Labute approximate surface area is 196 Å². The van der Waals surface area contributed by atoms with Crippen molar-refractivity contribution in [3.63, 3.8) is 0 Å². The molecule has 0 saturated carbocycles. The van der Waals surface area contributed by atoms with Crippen LogP contribution in [0.25, 0.3) is 0 Å². The first kappa shape index (κ1) is 22.7. The molecule has 158 valence electrons. The number of amides is 1. The summed E-state index contributed by atoms with van der Waals surface area (Å²) in [5, 5.41) is 3.96. The van der Waals surface area contributed by atoms with E-state index in [1.54, 1.807) is 42.5 Å². The van der Waals surface area contributed by atoms with E-state index in [0.717, 1.165) is 10.0 Å². The summed E-state index contributed by atoms with van der Waals surface area (Å²) < 4.78 is 12.4. The number of hydrogen-bond donors (Lipinski definition) is 1. The van der Waals surface area contributed by atoms with E-state index in [-0.39, 0.29) is 12.4 Å². The van der Waals surface area contributed by atoms with Crippen LogP contribution < -0.4 is 14.9 Å². The molecule has 31 heavy (non-hydrogen) atoms. The van der Waals surface area contributed by atoms with Gasteiger partial charge in [-0.3, -0.25) is 4.79 Å². The smallest absolute Gasteiger partial charge is 0.343 e. The second-order valence-corrected chi connectivity index (χ2v) is 8.18. The highest BCUT2D eigenvalue weighted by Crippen LogP contribution is 2.32. The van der Waals surface area contributed by atoms with Gasteiger partial charge >= 0.3 is 5.97 Å². The molecule has 0 fully saturated rings. The maximum absolute atomic E-state index is 12.4. The van der Waals surface area contributed by atoms with Gasteiger partial charge < -0.3 is 9.47 Å². The Morgan fingerprint density at radius 1 is 1.03 bits per heavy atom. The zero-order chi connectivity index (χ0) is 22.2. The van der Waals surface area contributed by atoms with Crippen molar-refractivity contribution in [2.45, 2.75) is 6.92 Å². The maximum Gasteiger partial charge on any atom is 0.343 e. The Balaban J connectivity index is 1.67. The number of halogens is 2. The molecule has 3 aromatic carbocycles. The number of benzene rings is 3. The first-order chi connectivity index (χ1) is 14.9. The van der Waals surface area contributed by atoms with Gasteiger partial charge in [-0.1, -0.05) is 52.3 Å². The van der Waals surface area contributed by atoms with Crippen molar-refractivity contribution < 1.29 is 19.1 Å². The highest BCUT2D eigenvalue weighted by atomic mass is 79.9. The number of carbonyl (C=O) groups excluding carboxylic acids is 2. The first-order valence-corrected chi connectivity index (χ1v) is 10.8. The molecular weight excluding hydrogens is 528 g/mol. The van der Waals surface area contributed by atoms with Crippen LogP contribution in [-0.2, 0) is 4.79 Å². The third-order valence-electron chi connectivity index (χ3n) is 4.09. The summed E-state index contributed by atoms with van der Waals surface area (Å²) in [6.07, 6.45) is 1.40. The topological polar surface area (TPSA) is 77.0 Å². The van der Waals surface area contributed by atoms with Crippen LogP contribution in [0.1, 0.15) is 21.5 Å². The number of para-hydroxylation sites is 1. The van der Waals surface area contributed by atoms with Gasteiger partial charge in [-0.05, 0) is 58.7 Å². The molecule has 1 amide bonds. The quantitative estimate of drug-likeness (QED) is 0.190. The molecule has 6 nitrogen and oxygen atoms in total.